The molecular formula is C19H24F3N5O. The number of piperidine rings is 1. The quantitative estimate of drug-likeness (QED) is 0.814. The van der Waals surface area contributed by atoms with Crippen LogP contribution in [-0.2, 0) is 0 Å². The minimum absolute atomic E-state index is 0.165. The summed E-state index contributed by atoms with van der Waals surface area (Å²) >= 11 is 0. The highest BCUT2D eigenvalue weighted by molar-refractivity contribution is 5.56. The van der Waals surface area contributed by atoms with Crippen LogP contribution in [0.4, 0.5) is 19.0 Å². The number of nitrogens with zero attached hydrogens (tertiary/aromatic N) is 3. The minimum Gasteiger partial charge on any atom is -0.370 e. The van der Waals surface area contributed by atoms with Crippen molar-refractivity contribution in [2.24, 2.45) is 5.92 Å². The van der Waals surface area contributed by atoms with Gasteiger partial charge in [0.25, 0.3) is 5.56 Å². The number of nitrogens with one attached hydrogen (secondary N) is 2. The molecule has 152 valence electrons. The van der Waals surface area contributed by atoms with Crippen LogP contribution in [0.3, 0.4) is 0 Å². The average Bonchev–Trinajstić information content (AvgIpc) is 2.64. The molecule has 0 bridgehead atoms. The van der Waals surface area contributed by atoms with Crippen LogP contribution >= 0.6 is 0 Å². The Balaban J connectivity index is 1.52. The summed E-state index contributed by atoms with van der Waals surface area (Å²) in [4.78, 5) is 24.8. The van der Waals surface area contributed by atoms with Gasteiger partial charge in [0.15, 0.2) is 0 Å². The second-order valence-electron chi connectivity index (χ2n) is 7.27. The van der Waals surface area contributed by atoms with Gasteiger partial charge in [0.1, 0.15) is 11.6 Å². The van der Waals surface area contributed by atoms with Crippen molar-refractivity contribution in [2.75, 3.05) is 31.5 Å². The molecular weight excluding hydrogens is 371 g/mol. The number of hydrogen-bond acceptors (Lipinski definition) is 5. The molecule has 3 rings (SSSR count). The molecule has 6 nitrogen and oxygen atoms in total. The second-order valence-corrected chi connectivity index (χ2v) is 7.27. The van der Waals surface area contributed by atoms with Gasteiger partial charge in [-0.3, -0.25) is 9.69 Å². The highest BCUT2D eigenvalue weighted by Gasteiger charge is 2.32. The molecule has 2 aromatic heterocycles. The largest absolute Gasteiger partial charge is 0.401 e. The number of pyridine rings is 1. The number of aryl methyl sites for hydroxylation is 1. The number of hydrogen-bond donors (Lipinski definition) is 2. The summed E-state index contributed by atoms with van der Waals surface area (Å²) in [5, 5.41) is 3.24. The molecule has 0 radical (unpaired) electrons. The first-order chi connectivity index (χ1) is 13.2. The van der Waals surface area contributed by atoms with Gasteiger partial charge >= 0.3 is 6.18 Å². The lowest BCUT2D eigenvalue weighted by atomic mass is 9.97. The first kappa shape index (κ1) is 20.3. The van der Waals surface area contributed by atoms with E-state index in [2.05, 4.69) is 20.3 Å². The van der Waals surface area contributed by atoms with E-state index in [4.69, 9.17) is 0 Å². The Morgan fingerprint density at radius 3 is 2.54 bits per heavy atom. The summed E-state index contributed by atoms with van der Waals surface area (Å²) in [6.07, 6.45) is -1.03. The summed E-state index contributed by atoms with van der Waals surface area (Å²) in [6, 6.07) is 3.64. The minimum atomic E-state index is -4.13. The maximum Gasteiger partial charge on any atom is 0.401 e. The number of aromatic nitrogens is 3. The molecule has 1 saturated heterocycles. The van der Waals surface area contributed by atoms with Crippen LogP contribution in [0.5, 0.6) is 0 Å². The topological polar surface area (TPSA) is 73.9 Å². The van der Waals surface area contributed by atoms with Crippen molar-refractivity contribution in [3.8, 4) is 11.4 Å². The van der Waals surface area contributed by atoms with Gasteiger partial charge in [0, 0.05) is 29.6 Å². The molecule has 0 aromatic carbocycles. The van der Waals surface area contributed by atoms with E-state index in [0.29, 0.717) is 54.0 Å². The lowest BCUT2D eigenvalue weighted by Gasteiger charge is -2.32. The predicted molar refractivity (Wildman–Crippen MR) is 101 cm³/mol. The normalized spacial score (nSPS) is 16.3. The van der Waals surface area contributed by atoms with Gasteiger partial charge in [0.2, 0.25) is 0 Å². The molecule has 2 aromatic rings. The third-order valence-corrected chi connectivity index (χ3v) is 5.11. The Hall–Kier alpha value is -2.42. The van der Waals surface area contributed by atoms with Crippen LogP contribution in [0, 0.1) is 19.8 Å². The molecule has 28 heavy (non-hydrogen) atoms. The third kappa shape index (κ3) is 5.31. The first-order valence-corrected chi connectivity index (χ1v) is 9.28. The maximum atomic E-state index is 12.4. The highest BCUT2D eigenvalue weighted by Crippen LogP contribution is 2.23. The van der Waals surface area contributed by atoms with Crippen LogP contribution in [0.15, 0.2) is 23.1 Å². The summed E-state index contributed by atoms with van der Waals surface area (Å²) in [7, 11) is 0. The highest BCUT2D eigenvalue weighted by atomic mass is 19.4. The number of rotatable bonds is 5. The molecule has 1 aliphatic heterocycles. The molecule has 0 saturated carbocycles. The molecule has 0 atom stereocenters. The van der Waals surface area contributed by atoms with Crippen LogP contribution < -0.4 is 10.9 Å². The number of anilines is 1. The van der Waals surface area contributed by atoms with E-state index in [1.54, 1.807) is 20.0 Å². The van der Waals surface area contributed by atoms with Gasteiger partial charge in [-0.2, -0.15) is 13.2 Å². The average molecular weight is 395 g/mol. The van der Waals surface area contributed by atoms with Crippen molar-refractivity contribution in [1.82, 2.24) is 19.9 Å². The molecule has 9 heteroatoms. The van der Waals surface area contributed by atoms with E-state index < -0.39 is 12.7 Å². The zero-order chi connectivity index (χ0) is 20.3. The Morgan fingerprint density at radius 1 is 1.25 bits per heavy atom. The van der Waals surface area contributed by atoms with Crippen molar-refractivity contribution in [2.45, 2.75) is 32.9 Å². The summed E-state index contributed by atoms with van der Waals surface area (Å²) < 4.78 is 37.3. The van der Waals surface area contributed by atoms with E-state index in [1.165, 1.54) is 4.90 Å². The first-order valence-electron chi connectivity index (χ1n) is 9.28. The van der Waals surface area contributed by atoms with E-state index in [-0.39, 0.29) is 5.56 Å². The van der Waals surface area contributed by atoms with Crippen molar-refractivity contribution in [3.05, 3.63) is 39.9 Å². The summed E-state index contributed by atoms with van der Waals surface area (Å²) in [5.74, 6) is 1.49. The van der Waals surface area contributed by atoms with Crippen molar-refractivity contribution in [3.63, 3.8) is 0 Å². The Bertz CT molecular complexity index is 855. The molecule has 0 unspecified atom stereocenters. The van der Waals surface area contributed by atoms with Gasteiger partial charge in [0.05, 0.1) is 6.54 Å². The number of alkyl halides is 3. The SMILES string of the molecule is Cc1nc(-c2ccc(NCC3CCN(CC(F)(F)F)CC3)nc2)[nH]c(=O)c1C. The smallest absolute Gasteiger partial charge is 0.370 e. The molecule has 0 spiro atoms. The van der Waals surface area contributed by atoms with Gasteiger partial charge in [-0.1, -0.05) is 0 Å². The number of halogens is 3. The second kappa shape index (κ2) is 8.30. The van der Waals surface area contributed by atoms with E-state index in [1.807, 2.05) is 12.1 Å². The zero-order valence-corrected chi connectivity index (χ0v) is 15.9. The van der Waals surface area contributed by atoms with Crippen LogP contribution in [0.2, 0.25) is 0 Å². The van der Waals surface area contributed by atoms with Crippen molar-refractivity contribution >= 4 is 5.82 Å². The monoisotopic (exact) mass is 395 g/mol. The fraction of sp³-hybridized carbons (Fsp3) is 0.526. The summed E-state index contributed by atoms with van der Waals surface area (Å²) in [6.45, 7) is 4.28. The molecule has 2 N–H and O–H groups in total. The lowest BCUT2D eigenvalue weighted by molar-refractivity contribution is -0.148. The van der Waals surface area contributed by atoms with Gasteiger partial charge in [-0.15, -0.1) is 0 Å². The van der Waals surface area contributed by atoms with Gasteiger partial charge < -0.3 is 10.3 Å². The van der Waals surface area contributed by atoms with Gasteiger partial charge in [-0.05, 0) is 57.8 Å². The third-order valence-electron chi connectivity index (χ3n) is 5.11. The van der Waals surface area contributed by atoms with Crippen molar-refractivity contribution < 1.29 is 13.2 Å². The maximum absolute atomic E-state index is 12.4. The van der Waals surface area contributed by atoms with Crippen LogP contribution in [-0.4, -0.2) is 52.2 Å². The van der Waals surface area contributed by atoms with Crippen molar-refractivity contribution in [1.29, 1.82) is 0 Å². The Kier molecular flexibility index (Phi) is 6.02. The zero-order valence-electron chi connectivity index (χ0n) is 15.9. The van der Waals surface area contributed by atoms with E-state index in [9.17, 15) is 18.0 Å². The number of H-pyrrole nitrogens is 1. The van der Waals surface area contributed by atoms with Gasteiger partial charge in [-0.25, -0.2) is 9.97 Å². The number of aromatic amines is 1. The summed E-state index contributed by atoms with van der Waals surface area (Å²) in [5.41, 5.74) is 1.82. The number of likely N-dealkylation sites (tertiary alicyclic amines) is 1. The molecule has 0 aliphatic carbocycles. The predicted octanol–water partition coefficient (Wildman–Crippen LogP) is 3.13. The standard InChI is InChI=1S/C19H24F3N5O/c1-12-13(2)25-17(26-18(12)28)15-3-4-16(24-10-15)23-9-14-5-7-27(8-6-14)11-19(20,21)22/h3-4,10,14H,5-9,11H2,1-2H3,(H,23,24)(H,25,26,28). The molecule has 0 amide bonds. The molecule has 1 fully saturated rings. The Morgan fingerprint density at radius 2 is 1.96 bits per heavy atom. The van der Waals surface area contributed by atoms with Crippen LogP contribution in [0.25, 0.3) is 11.4 Å². The lowest BCUT2D eigenvalue weighted by Crippen LogP contribution is -2.41. The fourth-order valence-corrected chi connectivity index (χ4v) is 3.27. The van der Waals surface area contributed by atoms with Crippen LogP contribution in [0.1, 0.15) is 24.1 Å². The Labute approximate surface area is 161 Å². The fourth-order valence-electron chi connectivity index (χ4n) is 3.27. The van der Waals surface area contributed by atoms with E-state index in [0.717, 1.165) is 12.8 Å². The molecule has 3 heterocycles. The van der Waals surface area contributed by atoms with E-state index >= 15 is 0 Å². The molecule has 1 aliphatic rings.